The van der Waals surface area contributed by atoms with Crippen LogP contribution >= 0.6 is 27.7 Å². The molecule has 4 nitrogen and oxygen atoms in total. The number of hydrogen-bond acceptors (Lipinski definition) is 3. The van der Waals surface area contributed by atoms with Crippen molar-refractivity contribution in [2.45, 2.75) is 37.6 Å². The van der Waals surface area contributed by atoms with Crippen LogP contribution < -0.4 is 10.6 Å². The highest BCUT2D eigenvalue weighted by Crippen LogP contribution is 2.27. The molecule has 0 saturated heterocycles. The first kappa shape index (κ1) is 18.0. The van der Waals surface area contributed by atoms with Gasteiger partial charge in [0.2, 0.25) is 11.8 Å². The summed E-state index contributed by atoms with van der Waals surface area (Å²) in [5.41, 5.74) is 0. The van der Waals surface area contributed by atoms with Crippen molar-refractivity contribution in [3.05, 3.63) is 28.7 Å². The van der Waals surface area contributed by atoms with E-state index in [1.54, 1.807) is 18.7 Å². The Morgan fingerprint density at radius 2 is 2.05 bits per heavy atom. The quantitative estimate of drug-likeness (QED) is 0.689. The SMILES string of the molecule is CCCNC(=O)[C@H](C)NC(=O)CCSc1ccccc1Br. The predicted molar refractivity (Wildman–Crippen MR) is 90.4 cm³/mol. The molecular weight excluding hydrogens is 352 g/mol. The van der Waals surface area contributed by atoms with Gasteiger partial charge in [0.05, 0.1) is 0 Å². The second-order valence-corrected chi connectivity index (χ2v) is 6.60. The Morgan fingerprint density at radius 3 is 2.71 bits per heavy atom. The van der Waals surface area contributed by atoms with E-state index in [0.29, 0.717) is 18.7 Å². The van der Waals surface area contributed by atoms with E-state index in [9.17, 15) is 9.59 Å². The normalized spacial score (nSPS) is 11.8. The molecule has 1 aromatic rings. The smallest absolute Gasteiger partial charge is 0.242 e. The van der Waals surface area contributed by atoms with Gasteiger partial charge in [0.1, 0.15) is 6.04 Å². The van der Waals surface area contributed by atoms with Gasteiger partial charge in [-0.25, -0.2) is 0 Å². The van der Waals surface area contributed by atoms with Crippen LogP contribution in [0.2, 0.25) is 0 Å². The zero-order valence-electron chi connectivity index (χ0n) is 12.3. The molecule has 0 bridgehead atoms. The molecule has 0 aliphatic carbocycles. The lowest BCUT2D eigenvalue weighted by Crippen LogP contribution is -2.45. The molecule has 6 heteroatoms. The summed E-state index contributed by atoms with van der Waals surface area (Å²) in [6.45, 7) is 4.32. The van der Waals surface area contributed by atoms with Gasteiger partial charge in [0, 0.05) is 28.1 Å². The van der Waals surface area contributed by atoms with Crippen molar-refractivity contribution in [1.29, 1.82) is 0 Å². The molecule has 0 aliphatic rings. The van der Waals surface area contributed by atoms with Crippen LogP contribution in [0.5, 0.6) is 0 Å². The topological polar surface area (TPSA) is 58.2 Å². The second kappa shape index (κ2) is 9.84. The third kappa shape index (κ3) is 7.00. The molecule has 116 valence electrons. The minimum absolute atomic E-state index is 0.103. The largest absolute Gasteiger partial charge is 0.354 e. The standard InChI is InChI=1S/C15H21BrN2O2S/c1-3-9-17-15(20)11(2)18-14(19)8-10-21-13-7-5-4-6-12(13)16/h4-7,11H,3,8-10H2,1-2H3,(H,17,20)(H,18,19)/t11-/m0/s1. The van der Waals surface area contributed by atoms with E-state index in [-0.39, 0.29) is 11.8 Å². The predicted octanol–water partition coefficient (Wildman–Crippen LogP) is 2.96. The first-order chi connectivity index (χ1) is 10.0. The zero-order chi connectivity index (χ0) is 15.7. The summed E-state index contributed by atoms with van der Waals surface area (Å²) < 4.78 is 1.03. The maximum Gasteiger partial charge on any atom is 0.242 e. The van der Waals surface area contributed by atoms with Crippen LogP contribution in [0.3, 0.4) is 0 Å². The minimum atomic E-state index is -0.488. The molecule has 2 N–H and O–H groups in total. The van der Waals surface area contributed by atoms with Crippen LogP contribution in [0.15, 0.2) is 33.6 Å². The molecule has 1 aromatic carbocycles. The summed E-state index contributed by atoms with van der Waals surface area (Å²) >= 11 is 5.09. The van der Waals surface area contributed by atoms with E-state index in [2.05, 4.69) is 26.6 Å². The Balaban J connectivity index is 2.28. The van der Waals surface area contributed by atoms with E-state index in [0.717, 1.165) is 15.8 Å². The van der Waals surface area contributed by atoms with Crippen molar-refractivity contribution >= 4 is 39.5 Å². The summed E-state index contributed by atoms with van der Waals surface area (Å²) in [4.78, 5) is 24.5. The zero-order valence-corrected chi connectivity index (χ0v) is 14.7. The molecule has 0 heterocycles. The summed E-state index contributed by atoms with van der Waals surface area (Å²) in [5.74, 6) is 0.440. The van der Waals surface area contributed by atoms with Crippen molar-refractivity contribution in [1.82, 2.24) is 10.6 Å². The number of rotatable bonds is 8. The number of thioether (sulfide) groups is 1. The van der Waals surface area contributed by atoms with E-state index in [4.69, 9.17) is 0 Å². The summed E-state index contributed by atoms with van der Waals surface area (Å²) in [6.07, 6.45) is 1.27. The van der Waals surface area contributed by atoms with Crippen molar-refractivity contribution in [2.24, 2.45) is 0 Å². The number of halogens is 1. The van der Waals surface area contributed by atoms with Gasteiger partial charge in [-0.05, 0) is 41.4 Å². The van der Waals surface area contributed by atoms with Gasteiger partial charge in [-0.2, -0.15) is 0 Å². The van der Waals surface area contributed by atoms with Gasteiger partial charge >= 0.3 is 0 Å². The molecule has 0 unspecified atom stereocenters. The van der Waals surface area contributed by atoms with Crippen LogP contribution in [-0.4, -0.2) is 30.2 Å². The molecule has 1 rings (SSSR count). The first-order valence-corrected chi connectivity index (χ1v) is 8.76. The third-order valence-electron chi connectivity index (χ3n) is 2.74. The molecule has 0 spiro atoms. The Morgan fingerprint density at radius 1 is 1.33 bits per heavy atom. The number of carbonyl (C=O) groups is 2. The molecule has 0 radical (unpaired) electrons. The molecule has 2 amide bonds. The van der Waals surface area contributed by atoms with Crippen LogP contribution in [0.1, 0.15) is 26.7 Å². The molecule has 0 fully saturated rings. The van der Waals surface area contributed by atoms with Crippen molar-refractivity contribution in [3.8, 4) is 0 Å². The van der Waals surface area contributed by atoms with E-state index in [1.165, 1.54) is 0 Å². The first-order valence-electron chi connectivity index (χ1n) is 6.99. The van der Waals surface area contributed by atoms with Gasteiger partial charge in [0.25, 0.3) is 0 Å². The lowest BCUT2D eigenvalue weighted by Gasteiger charge is -2.13. The Kier molecular flexibility index (Phi) is 8.45. The highest BCUT2D eigenvalue weighted by molar-refractivity contribution is 9.10. The number of carbonyl (C=O) groups excluding carboxylic acids is 2. The molecule has 0 saturated carbocycles. The molecule has 0 aliphatic heterocycles. The second-order valence-electron chi connectivity index (χ2n) is 4.61. The molecule has 0 aromatic heterocycles. The van der Waals surface area contributed by atoms with Crippen molar-refractivity contribution < 1.29 is 9.59 Å². The van der Waals surface area contributed by atoms with Crippen molar-refractivity contribution in [3.63, 3.8) is 0 Å². The number of amides is 2. The number of nitrogens with one attached hydrogen (secondary N) is 2. The Labute approximate surface area is 138 Å². The summed E-state index contributed by atoms with van der Waals surface area (Å²) in [5, 5.41) is 5.48. The fraction of sp³-hybridized carbons (Fsp3) is 0.467. The van der Waals surface area contributed by atoms with Crippen LogP contribution in [0, 0.1) is 0 Å². The molecule has 1 atom stereocenters. The van der Waals surface area contributed by atoms with E-state index < -0.39 is 6.04 Å². The fourth-order valence-corrected chi connectivity index (χ4v) is 3.11. The molecule has 21 heavy (non-hydrogen) atoms. The third-order valence-corrected chi connectivity index (χ3v) is 4.77. The fourth-order valence-electron chi connectivity index (χ4n) is 1.60. The van der Waals surface area contributed by atoms with Gasteiger partial charge < -0.3 is 10.6 Å². The molecular formula is C15H21BrN2O2S. The van der Waals surface area contributed by atoms with Crippen LogP contribution in [0.25, 0.3) is 0 Å². The van der Waals surface area contributed by atoms with Crippen LogP contribution in [0.4, 0.5) is 0 Å². The monoisotopic (exact) mass is 372 g/mol. The van der Waals surface area contributed by atoms with Gasteiger partial charge in [-0.3, -0.25) is 9.59 Å². The Bertz CT molecular complexity index is 482. The highest BCUT2D eigenvalue weighted by atomic mass is 79.9. The maximum atomic E-state index is 11.8. The number of hydrogen-bond donors (Lipinski definition) is 2. The number of benzene rings is 1. The average Bonchev–Trinajstić information content (AvgIpc) is 2.46. The van der Waals surface area contributed by atoms with Gasteiger partial charge in [0.15, 0.2) is 0 Å². The maximum absolute atomic E-state index is 11.8. The summed E-state index contributed by atoms with van der Waals surface area (Å²) in [7, 11) is 0. The van der Waals surface area contributed by atoms with E-state index in [1.807, 2.05) is 31.2 Å². The van der Waals surface area contributed by atoms with Crippen molar-refractivity contribution in [2.75, 3.05) is 12.3 Å². The van der Waals surface area contributed by atoms with Gasteiger partial charge in [-0.15, -0.1) is 11.8 Å². The average molecular weight is 373 g/mol. The minimum Gasteiger partial charge on any atom is -0.354 e. The van der Waals surface area contributed by atoms with E-state index >= 15 is 0 Å². The lowest BCUT2D eigenvalue weighted by molar-refractivity contribution is -0.128. The van der Waals surface area contributed by atoms with Gasteiger partial charge in [-0.1, -0.05) is 19.1 Å². The van der Waals surface area contributed by atoms with Crippen LogP contribution in [-0.2, 0) is 9.59 Å². The summed E-state index contributed by atoms with van der Waals surface area (Å²) in [6, 6.07) is 7.42. The highest BCUT2D eigenvalue weighted by Gasteiger charge is 2.14. The Hall–Kier alpha value is -1.01. The lowest BCUT2D eigenvalue weighted by atomic mass is 10.3.